The number of allylic oxidation sites excluding steroid dienone is 2. The van der Waals surface area contributed by atoms with Crippen LogP contribution < -0.4 is 0 Å². The molecule has 0 aromatic heterocycles. The molecule has 132 valence electrons. The molecule has 2 heteroatoms. The van der Waals surface area contributed by atoms with Crippen molar-refractivity contribution >= 4 is 5.91 Å². The first kappa shape index (κ1) is 18.5. The first-order valence-corrected chi connectivity index (χ1v) is 10.0. The largest absolute Gasteiger partial charge is 0.340 e. The van der Waals surface area contributed by atoms with Crippen LogP contribution in [0.2, 0.25) is 0 Å². The number of hydrogen-bond acceptors (Lipinski definition) is 1. The van der Waals surface area contributed by atoms with Crippen molar-refractivity contribution in [3.63, 3.8) is 0 Å². The summed E-state index contributed by atoms with van der Waals surface area (Å²) in [5, 5.41) is 0. The van der Waals surface area contributed by atoms with Crippen molar-refractivity contribution in [1.82, 2.24) is 4.90 Å². The normalized spacial score (nSPS) is 32.3. The van der Waals surface area contributed by atoms with Gasteiger partial charge >= 0.3 is 0 Å². The lowest BCUT2D eigenvalue weighted by molar-refractivity contribution is -0.132. The number of rotatable bonds is 4. The zero-order chi connectivity index (χ0) is 16.8. The van der Waals surface area contributed by atoms with Crippen LogP contribution in [0.15, 0.2) is 12.2 Å². The Morgan fingerprint density at radius 3 is 2.43 bits per heavy atom. The Hall–Kier alpha value is -0.790. The third-order valence-electron chi connectivity index (χ3n) is 6.44. The topological polar surface area (TPSA) is 20.3 Å². The molecule has 3 aliphatic rings. The van der Waals surface area contributed by atoms with Crippen LogP contribution in [-0.4, -0.2) is 23.4 Å². The van der Waals surface area contributed by atoms with Crippen molar-refractivity contribution in [1.29, 1.82) is 0 Å². The Morgan fingerprint density at radius 2 is 1.87 bits per heavy atom. The molecule has 0 N–H and O–H groups in total. The molecule has 2 aliphatic carbocycles. The number of nitrogens with zero attached hydrogens (tertiary/aromatic N) is 1. The molecular formula is C21H37NO. The Labute approximate surface area is 143 Å². The molecule has 23 heavy (non-hydrogen) atoms. The van der Waals surface area contributed by atoms with E-state index in [0.29, 0.717) is 11.9 Å². The van der Waals surface area contributed by atoms with E-state index in [0.717, 1.165) is 49.5 Å². The monoisotopic (exact) mass is 319 g/mol. The van der Waals surface area contributed by atoms with Gasteiger partial charge in [-0.3, -0.25) is 4.79 Å². The maximum atomic E-state index is 11.5. The molecule has 0 spiro atoms. The van der Waals surface area contributed by atoms with E-state index in [-0.39, 0.29) is 0 Å². The lowest BCUT2D eigenvalue weighted by Gasteiger charge is -2.26. The number of carbonyl (C=O) groups is 1. The number of likely N-dealkylation sites (tertiary alicyclic amines) is 1. The van der Waals surface area contributed by atoms with Gasteiger partial charge in [0.15, 0.2) is 0 Å². The quantitative estimate of drug-likeness (QED) is 0.632. The second kappa shape index (κ2) is 8.89. The average molecular weight is 320 g/mol. The van der Waals surface area contributed by atoms with Gasteiger partial charge in [0.1, 0.15) is 0 Å². The average Bonchev–Trinajstić information content (AvgIpc) is 3.14. The molecule has 0 radical (unpaired) electrons. The van der Waals surface area contributed by atoms with Gasteiger partial charge in [0, 0.05) is 19.0 Å². The van der Waals surface area contributed by atoms with Crippen molar-refractivity contribution in [2.45, 2.75) is 85.1 Å². The first-order chi connectivity index (χ1) is 11.1. The molecule has 2 bridgehead atoms. The van der Waals surface area contributed by atoms with Crippen molar-refractivity contribution in [2.75, 3.05) is 6.54 Å². The molecule has 0 aromatic rings. The van der Waals surface area contributed by atoms with E-state index in [9.17, 15) is 4.79 Å². The third kappa shape index (κ3) is 4.84. The van der Waals surface area contributed by atoms with Gasteiger partial charge in [-0.05, 0) is 62.7 Å². The number of carbonyl (C=O) groups excluding carboxylic acids is 1. The van der Waals surface area contributed by atoms with Gasteiger partial charge in [-0.15, -0.1) is 0 Å². The second-order valence-corrected chi connectivity index (χ2v) is 7.98. The molecule has 2 fully saturated rings. The lowest BCUT2D eigenvalue weighted by atomic mass is 9.82. The second-order valence-electron chi connectivity index (χ2n) is 7.98. The van der Waals surface area contributed by atoms with E-state index in [1.807, 2.05) is 4.90 Å². The Morgan fingerprint density at radius 1 is 1.09 bits per heavy atom. The highest BCUT2D eigenvalue weighted by molar-refractivity contribution is 5.76. The minimum atomic E-state index is 0.363. The minimum absolute atomic E-state index is 0.363. The molecule has 1 amide bonds. The zero-order valence-corrected chi connectivity index (χ0v) is 15.8. The van der Waals surface area contributed by atoms with E-state index in [1.165, 1.54) is 32.1 Å². The van der Waals surface area contributed by atoms with Crippen molar-refractivity contribution in [3.05, 3.63) is 12.2 Å². The first-order valence-electron chi connectivity index (χ1n) is 10.0. The SMILES string of the molecule is CCC(C)C1CC2C=CC1C2.CCC(C)N1CCCCCC1=O. The van der Waals surface area contributed by atoms with E-state index in [4.69, 9.17) is 0 Å². The smallest absolute Gasteiger partial charge is 0.222 e. The van der Waals surface area contributed by atoms with Crippen molar-refractivity contribution in [2.24, 2.45) is 23.7 Å². The van der Waals surface area contributed by atoms with Crippen LogP contribution in [0.25, 0.3) is 0 Å². The van der Waals surface area contributed by atoms with Gasteiger partial charge in [0.05, 0.1) is 0 Å². The summed E-state index contributed by atoms with van der Waals surface area (Å²) in [4.78, 5) is 13.6. The third-order valence-corrected chi connectivity index (χ3v) is 6.44. The predicted octanol–water partition coefficient (Wildman–Crippen LogP) is 5.43. The van der Waals surface area contributed by atoms with Crippen LogP contribution in [0.5, 0.6) is 0 Å². The molecule has 1 saturated carbocycles. The highest BCUT2D eigenvalue weighted by Gasteiger charge is 2.37. The standard InChI is InChI=1S/C11H18.C10H19NO/c1-3-8(2)11-7-9-4-5-10(11)6-9;1-3-9(2)11-8-6-4-5-7-10(11)12/h4-5,8-11H,3,6-7H2,1-2H3;9H,3-8H2,1-2H3. The molecule has 1 heterocycles. The molecule has 3 rings (SSSR count). The predicted molar refractivity (Wildman–Crippen MR) is 98.2 cm³/mol. The Bertz CT molecular complexity index is 403. The molecular weight excluding hydrogens is 282 g/mol. The highest BCUT2D eigenvalue weighted by atomic mass is 16.2. The number of amides is 1. The van der Waals surface area contributed by atoms with Crippen LogP contribution in [0.4, 0.5) is 0 Å². The molecule has 5 atom stereocenters. The van der Waals surface area contributed by atoms with E-state index >= 15 is 0 Å². The number of fused-ring (bicyclic) bond motifs is 2. The van der Waals surface area contributed by atoms with E-state index in [2.05, 4.69) is 39.8 Å². The summed E-state index contributed by atoms with van der Waals surface area (Å²) in [6.45, 7) is 10.00. The fourth-order valence-corrected chi connectivity index (χ4v) is 4.47. The van der Waals surface area contributed by atoms with Crippen LogP contribution in [0.3, 0.4) is 0 Å². The highest BCUT2D eigenvalue weighted by Crippen LogP contribution is 2.47. The summed E-state index contributed by atoms with van der Waals surface area (Å²) in [5.74, 6) is 4.25. The maximum absolute atomic E-state index is 11.5. The molecule has 2 nitrogen and oxygen atoms in total. The fraction of sp³-hybridized carbons (Fsp3) is 0.857. The fourth-order valence-electron chi connectivity index (χ4n) is 4.47. The van der Waals surface area contributed by atoms with Crippen LogP contribution in [0, 0.1) is 23.7 Å². The summed E-state index contributed by atoms with van der Waals surface area (Å²) in [6, 6.07) is 0.440. The van der Waals surface area contributed by atoms with Crippen LogP contribution in [0.1, 0.15) is 79.1 Å². The summed E-state index contributed by atoms with van der Waals surface area (Å²) in [6.07, 6.45) is 14.6. The summed E-state index contributed by atoms with van der Waals surface area (Å²) < 4.78 is 0. The van der Waals surface area contributed by atoms with Crippen LogP contribution >= 0.6 is 0 Å². The Balaban J connectivity index is 0.000000167. The number of hydrogen-bond donors (Lipinski definition) is 0. The van der Waals surface area contributed by atoms with Crippen LogP contribution in [-0.2, 0) is 4.79 Å². The van der Waals surface area contributed by atoms with Gasteiger partial charge in [-0.25, -0.2) is 0 Å². The van der Waals surface area contributed by atoms with E-state index in [1.54, 1.807) is 0 Å². The van der Waals surface area contributed by atoms with Crippen molar-refractivity contribution in [3.8, 4) is 0 Å². The summed E-state index contributed by atoms with van der Waals surface area (Å²) >= 11 is 0. The van der Waals surface area contributed by atoms with Crippen molar-refractivity contribution < 1.29 is 4.79 Å². The summed E-state index contributed by atoms with van der Waals surface area (Å²) in [5.41, 5.74) is 0. The van der Waals surface area contributed by atoms with Gasteiger partial charge in [-0.2, -0.15) is 0 Å². The van der Waals surface area contributed by atoms with E-state index < -0.39 is 0 Å². The molecule has 1 saturated heterocycles. The Kier molecular flexibility index (Phi) is 7.17. The molecule has 5 unspecified atom stereocenters. The maximum Gasteiger partial charge on any atom is 0.222 e. The molecule has 0 aromatic carbocycles. The van der Waals surface area contributed by atoms with Gasteiger partial charge in [0.2, 0.25) is 5.91 Å². The van der Waals surface area contributed by atoms with Gasteiger partial charge < -0.3 is 4.90 Å². The van der Waals surface area contributed by atoms with Gasteiger partial charge in [0.25, 0.3) is 0 Å². The molecule has 1 aliphatic heterocycles. The lowest BCUT2D eigenvalue weighted by Crippen LogP contribution is -2.37. The summed E-state index contributed by atoms with van der Waals surface area (Å²) in [7, 11) is 0. The zero-order valence-electron chi connectivity index (χ0n) is 15.8. The minimum Gasteiger partial charge on any atom is -0.340 e. The van der Waals surface area contributed by atoms with Gasteiger partial charge in [-0.1, -0.05) is 45.8 Å².